The van der Waals surface area contributed by atoms with E-state index in [2.05, 4.69) is 0 Å². The van der Waals surface area contributed by atoms with Gasteiger partial charge in [0.2, 0.25) is 0 Å². The van der Waals surface area contributed by atoms with Crippen molar-refractivity contribution in [3.8, 4) is 0 Å². The molecule has 2 radical (unpaired) electrons. The molecule has 0 aromatic rings. The lowest BCUT2D eigenvalue weighted by atomic mass is 10.4. The quantitative estimate of drug-likeness (QED) is 0.484. The zero-order valence-corrected chi connectivity index (χ0v) is 13.1. The molecule has 3 atom stereocenters. The molecule has 0 aromatic heterocycles. The third-order valence-electron chi connectivity index (χ3n) is 2.42. The number of hydrogen-bond donors (Lipinski definition) is 0. The second kappa shape index (κ2) is 12.9. The Morgan fingerprint density at radius 2 is 1.16 bits per heavy atom. The maximum absolute atomic E-state index is 5.67. The smallest absolute Gasteiger partial charge is 0.0781 e. The molecule has 4 heteroatoms. The van der Waals surface area contributed by atoms with Crippen molar-refractivity contribution in [2.75, 3.05) is 33.0 Å². The maximum Gasteiger partial charge on any atom is 0.0781 e. The predicted octanol–water partition coefficient (Wildman–Crippen LogP) is 2.67. The van der Waals surface area contributed by atoms with Crippen LogP contribution in [-0.2, 0) is 18.9 Å². The zero-order chi connectivity index (χ0) is 14.5. The van der Waals surface area contributed by atoms with Crippen LogP contribution in [0.2, 0.25) is 0 Å². The minimum absolute atomic E-state index is 0.0665. The van der Waals surface area contributed by atoms with Crippen LogP contribution >= 0.6 is 0 Å². The van der Waals surface area contributed by atoms with E-state index in [0.717, 1.165) is 0 Å². The van der Waals surface area contributed by atoms with Crippen molar-refractivity contribution in [3.05, 3.63) is 12.8 Å². The van der Waals surface area contributed by atoms with Crippen LogP contribution in [0.15, 0.2) is 0 Å². The fourth-order valence-electron chi connectivity index (χ4n) is 1.36. The van der Waals surface area contributed by atoms with Gasteiger partial charge in [-0.25, -0.2) is 0 Å². The van der Waals surface area contributed by atoms with Crippen molar-refractivity contribution in [2.45, 2.75) is 52.9 Å². The van der Waals surface area contributed by atoms with Crippen molar-refractivity contribution in [3.63, 3.8) is 0 Å². The summed E-state index contributed by atoms with van der Waals surface area (Å²) in [5.74, 6) is 0. The molecule has 0 heterocycles. The van der Waals surface area contributed by atoms with Gasteiger partial charge in [0.25, 0.3) is 0 Å². The highest BCUT2D eigenvalue weighted by atomic mass is 16.6. The van der Waals surface area contributed by atoms with E-state index < -0.39 is 0 Å². The Labute approximate surface area is 118 Å². The Hall–Kier alpha value is -0.160. The molecule has 0 saturated heterocycles. The first-order valence-corrected chi connectivity index (χ1v) is 7.08. The molecular formula is C15H30O4. The van der Waals surface area contributed by atoms with Gasteiger partial charge in [0.1, 0.15) is 0 Å². The monoisotopic (exact) mass is 274 g/mol. The molecule has 3 unspecified atom stereocenters. The van der Waals surface area contributed by atoms with Crippen molar-refractivity contribution in [1.29, 1.82) is 0 Å². The fraction of sp³-hybridized carbons (Fsp3) is 0.867. The van der Waals surface area contributed by atoms with E-state index in [1.165, 1.54) is 0 Å². The molecule has 0 fully saturated rings. The maximum atomic E-state index is 5.67. The number of rotatable bonds is 13. The summed E-state index contributed by atoms with van der Waals surface area (Å²) in [5, 5.41) is 0. The van der Waals surface area contributed by atoms with E-state index in [0.29, 0.717) is 33.0 Å². The van der Waals surface area contributed by atoms with Crippen LogP contribution < -0.4 is 0 Å². The molecule has 0 aliphatic heterocycles. The molecular weight excluding hydrogens is 244 g/mol. The Morgan fingerprint density at radius 1 is 0.684 bits per heavy atom. The van der Waals surface area contributed by atoms with Crippen molar-refractivity contribution >= 4 is 0 Å². The molecule has 0 rings (SSSR count). The van der Waals surface area contributed by atoms with Crippen molar-refractivity contribution in [2.24, 2.45) is 0 Å². The average molecular weight is 274 g/mol. The van der Waals surface area contributed by atoms with E-state index in [1.54, 1.807) is 0 Å². The number of hydrogen-bond acceptors (Lipinski definition) is 4. The standard InChI is InChI=1S/C15H30O4/c1-6-8-16-10-13(3)18-12-15(5)19-11-14(4)17-9-7-2/h6-7,13-15H,8-12H2,1-5H3. The Balaban J connectivity index is 3.49. The average Bonchev–Trinajstić information content (AvgIpc) is 2.40. The molecule has 0 aliphatic carbocycles. The lowest BCUT2D eigenvalue weighted by molar-refractivity contribution is -0.0769. The van der Waals surface area contributed by atoms with Crippen molar-refractivity contribution in [1.82, 2.24) is 0 Å². The highest BCUT2D eigenvalue weighted by molar-refractivity contribution is 4.58. The zero-order valence-electron chi connectivity index (χ0n) is 13.1. The molecule has 4 nitrogen and oxygen atoms in total. The van der Waals surface area contributed by atoms with Gasteiger partial charge in [-0.3, -0.25) is 0 Å². The van der Waals surface area contributed by atoms with Gasteiger partial charge in [0.15, 0.2) is 0 Å². The molecule has 114 valence electrons. The molecule has 0 aromatic carbocycles. The largest absolute Gasteiger partial charge is 0.378 e. The van der Waals surface area contributed by atoms with Gasteiger partial charge in [0.05, 0.1) is 38.1 Å². The van der Waals surface area contributed by atoms with Crippen LogP contribution in [0.1, 0.15) is 34.6 Å². The van der Waals surface area contributed by atoms with Crippen LogP contribution in [0.25, 0.3) is 0 Å². The molecule has 0 saturated carbocycles. The van der Waals surface area contributed by atoms with E-state index in [4.69, 9.17) is 18.9 Å². The molecule has 0 spiro atoms. The van der Waals surface area contributed by atoms with Gasteiger partial charge in [-0.15, -0.1) is 0 Å². The molecule has 19 heavy (non-hydrogen) atoms. The van der Waals surface area contributed by atoms with Gasteiger partial charge in [-0.2, -0.15) is 0 Å². The van der Waals surface area contributed by atoms with E-state index >= 15 is 0 Å². The van der Waals surface area contributed by atoms with Crippen molar-refractivity contribution < 1.29 is 18.9 Å². The highest BCUT2D eigenvalue weighted by Crippen LogP contribution is 2.01. The third kappa shape index (κ3) is 12.6. The normalized spacial score (nSPS) is 16.3. The van der Waals surface area contributed by atoms with E-state index in [9.17, 15) is 0 Å². The van der Waals surface area contributed by atoms with Crippen LogP contribution in [-0.4, -0.2) is 51.3 Å². The van der Waals surface area contributed by atoms with Gasteiger partial charge in [-0.1, -0.05) is 13.8 Å². The predicted molar refractivity (Wildman–Crippen MR) is 77.0 cm³/mol. The number of ether oxygens (including phenoxy) is 4. The second-order valence-electron chi connectivity index (χ2n) is 4.79. The first-order chi connectivity index (χ1) is 9.10. The first-order valence-electron chi connectivity index (χ1n) is 7.08. The summed E-state index contributed by atoms with van der Waals surface area (Å²) in [6.07, 6.45) is 4.23. The third-order valence-corrected chi connectivity index (χ3v) is 2.42. The molecule has 0 aliphatic rings. The summed E-state index contributed by atoms with van der Waals surface area (Å²) in [7, 11) is 0. The van der Waals surface area contributed by atoms with E-state index in [1.807, 2.05) is 47.5 Å². The van der Waals surface area contributed by atoms with Gasteiger partial charge in [0, 0.05) is 13.2 Å². The summed E-state index contributed by atoms with van der Waals surface area (Å²) in [6.45, 7) is 13.1. The van der Waals surface area contributed by atoms with Gasteiger partial charge in [-0.05, 0) is 33.6 Å². The van der Waals surface area contributed by atoms with Gasteiger partial charge >= 0.3 is 0 Å². The van der Waals surface area contributed by atoms with Crippen LogP contribution in [0.5, 0.6) is 0 Å². The summed E-state index contributed by atoms with van der Waals surface area (Å²) in [5.41, 5.74) is 0. The summed E-state index contributed by atoms with van der Waals surface area (Å²) in [6, 6.07) is 0. The first kappa shape index (κ1) is 18.8. The van der Waals surface area contributed by atoms with E-state index in [-0.39, 0.29) is 18.3 Å². The van der Waals surface area contributed by atoms with Crippen LogP contribution in [0, 0.1) is 12.8 Å². The minimum Gasteiger partial charge on any atom is -0.378 e. The SMILES string of the molecule is C[CH]COCC(C)OCC(C)OCC(C)OC[CH]C. The van der Waals surface area contributed by atoms with Crippen LogP contribution in [0.3, 0.4) is 0 Å². The lowest BCUT2D eigenvalue weighted by Gasteiger charge is -2.19. The molecule has 0 amide bonds. The molecule has 0 N–H and O–H groups in total. The van der Waals surface area contributed by atoms with Gasteiger partial charge < -0.3 is 18.9 Å². The topological polar surface area (TPSA) is 36.9 Å². The fourth-order valence-corrected chi connectivity index (χ4v) is 1.36. The Bertz CT molecular complexity index is 187. The minimum atomic E-state index is 0.0665. The summed E-state index contributed by atoms with van der Waals surface area (Å²) >= 11 is 0. The molecule has 0 bridgehead atoms. The summed E-state index contributed by atoms with van der Waals surface area (Å²) < 4.78 is 22.2. The Kier molecular flexibility index (Phi) is 12.7. The lowest BCUT2D eigenvalue weighted by Crippen LogP contribution is -2.26. The highest BCUT2D eigenvalue weighted by Gasteiger charge is 2.09. The Morgan fingerprint density at radius 3 is 1.68 bits per heavy atom. The summed E-state index contributed by atoms with van der Waals surface area (Å²) in [4.78, 5) is 0. The second-order valence-corrected chi connectivity index (χ2v) is 4.79. The van der Waals surface area contributed by atoms with Crippen LogP contribution in [0.4, 0.5) is 0 Å².